The topological polar surface area (TPSA) is 35.2 Å². The summed E-state index contributed by atoms with van der Waals surface area (Å²) in [6.45, 7) is 0.494. The summed E-state index contributed by atoms with van der Waals surface area (Å²) in [4.78, 5) is 0. The van der Waals surface area contributed by atoms with E-state index in [0.29, 0.717) is 6.54 Å². The lowest BCUT2D eigenvalue weighted by molar-refractivity contribution is 0.414. The molecule has 17 heavy (non-hydrogen) atoms. The molecule has 0 heterocycles. The van der Waals surface area contributed by atoms with Gasteiger partial charge in [0.05, 0.1) is 7.11 Å². The Kier molecular flexibility index (Phi) is 3.82. The fraction of sp³-hybridized carbons (Fsp3) is 0.143. The van der Waals surface area contributed by atoms with E-state index >= 15 is 0 Å². The first kappa shape index (κ1) is 12.1. The predicted molar refractivity (Wildman–Crippen MR) is 74.0 cm³/mol. The molecule has 0 saturated carbocycles. The first-order chi connectivity index (χ1) is 8.26. The lowest BCUT2D eigenvalue weighted by atomic mass is 9.99. The maximum absolute atomic E-state index is 5.79. The van der Waals surface area contributed by atoms with Crippen molar-refractivity contribution in [3.05, 3.63) is 52.5 Å². The molecule has 0 amide bonds. The SMILES string of the molecule is COc1ccc(-c2ccccc2Br)c(CN)c1. The molecular weight excluding hydrogens is 278 g/mol. The number of nitrogens with two attached hydrogens (primary N) is 1. The molecule has 0 bridgehead atoms. The van der Waals surface area contributed by atoms with Crippen LogP contribution < -0.4 is 10.5 Å². The van der Waals surface area contributed by atoms with Crippen LogP contribution in [0.2, 0.25) is 0 Å². The summed E-state index contributed by atoms with van der Waals surface area (Å²) in [6, 6.07) is 14.1. The van der Waals surface area contributed by atoms with Gasteiger partial charge in [0, 0.05) is 11.0 Å². The van der Waals surface area contributed by atoms with Crippen molar-refractivity contribution in [1.82, 2.24) is 0 Å². The van der Waals surface area contributed by atoms with E-state index in [9.17, 15) is 0 Å². The molecule has 0 radical (unpaired) electrons. The zero-order valence-corrected chi connectivity index (χ0v) is 11.2. The molecule has 0 aromatic heterocycles. The molecule has 0 aliphatic carbocycles. The number of benzene rings is 2. The monoisotopic (exact) mass is 291 g/mol. The number of hydrogen-bond donors (Lipinski definition) is 1. The van der Waals surface area contributed by atoms with Crippen LogP contribution in [0.25, 0.3) is 11.1 Å². The van der Waals surface area contributed by atoms with Crippen molar-refractivity contribution >= 4 is 15.9 Å². The Balaban J connectivity index is 2.56. The van der Waals surface area contributed by atoms with Gasteiger partial charge < -0.3 is 10.5 Å². The highest BCUT2D eigenvalue weighted by Crippen LogP contribution is 2.32. The minimum absolute atomic E-state index is 0.494. The van der Waals surface area contributed by atoms with Crippen LogP contribution in [0.15, 0.2) is 46.9 Å². The highest BCUT2D eigenvalue weighted by molar-refractivity contribution is 9.10. The molecule has 0 fully saturated rings. The molecular formula is C14H14BrNO. The summed E-state index contributed by atoms with van der Waals surface area (Å²) < 4.78 is 6.28. The fourth-order valence-electron chi connectivity index (χ4n) is 1.81. The van der Waals surface area contributed by atoms with Crippen LogP contribution in [0.3, 0.4) is 0 Å². The molecule has 3 heteroatoms. The van der Waals surface area contributed by atoms with E-state index in [-0.39, 0.29) is 0 Å². The summed E-state index contributed by atoms with van der Waals surface area (Å²) in [5.41, 5.74) is 9.16. The van der Waals surface area contributed by atoms with Gasteiger partial charge in [0.2, 0.25) is 0 Å². The molecule has 2 nitrogen and oxygen atoms in total. The first-order valence-corrected chi connectivity index (χ1v) is 6.17. The zero-order chi connectivity index (χ0) is 12.3. The third-order valence-corrected chi connectivity index (χ3v) is 3.39. The van der Waals surface area contributed by atoms with Gasteiger partial charge in [0.15, 0.2) is 0 Å². The number of methoxy groups -OCH3 is 1. The second-order valence-corrected chi connectivity index (χ2v) is 4.56. The van der Waals surface area contributed by atoms with E-state index in [2.05, 4.69) is 22.0 Å². The molecule has 0 unspecified atom stereocenters. The van der Waals surface area contributed by atoms with Crippen molar-refractivity contribution in [3.8, 4) is 16.9 Å². The Bertz CT molecular complexity index is 525. The van der Waals surface area contributed by atoms with Gasteiger partial charge in [0.1, 0.15) is 5.75 Å². The number of rotatable bonds is 3. The molecule has 2 aromatic rings. The summed E-state index contributed by atoms with van der Waals surface area (Å²) >= 11 is 3.56. The fourth-order valence-corrected chi connectivity index (χ4v) is 2.31. The molecule has 0 atom stereocenters. The average molecular weight is 292 g/mol. The third kappa shape index (κ3) is 2.51. The normalized spacial score (nSPS) is 10.3. The Labute approximate surface area is 110 Å². The third-order valence-electron chi connectivity index (χ3n) is 2.70. The van der Waals surface area contributed by atoms with Crippen LogP contribution in [0.4, 0.5) is 0 Å². The highest BCUT2D eigenvalue weighted by Gasteiger charge is 2.08. The Morgan fingerprint density at radius 1 is 1.12 bits per heavy atom. The maximum atomic E-state index is 5.79. The summed E-state index contributed by atoms with van der Waals surface area (Å²) in [5, 5.41) is 0. The quantitative estimate of drug-likeness (QED) is 0.938. The van der Waals surface area contributed by atoms with E-state index in [1.807, 2.05) is 36.4 Å². The number of halogens is 1. The highest BCUT2D eigenvalue weighted by atomic mass is 79.9. The lowest BCUT2D eigenvalue weighted by Crippen LogP contribution is -2.00. The van der Waals surface area contributed by atoms with Crippen molar-refractivity contribution in [1.29, 1.82) is 0 Å². The van der Waals surface area contributed by atoms with Crippen molar-refractivity contribution in [2.24, 2.45) is 5.73 Å². The Hall–Kier alpha value is -1.32. The van der Waals surface area contributed by atoms with Crippen LogP contribution >= 0.6 is 15.9 Å². The van der Waals surface area contributed by atoms with Gasteiger partial charge in [-0.1, -0.05) is 40.2 Å². The van der Waals surface area contributed by atoms with Crippen LogP contribution in [-0.2, 0) is 6.54 Å². The minimum atomic E-state index is 0.494. The first-order valence-electron chi connectivity index (χ1n) is 5.38. The van der Waals surface area contributed by atoms with Crippen molar-refractivity contribution in [2.45, 2.75) is 6.54 Å². The van der Waals surface area contributed by atoms with Gasteiger partial charge in [0.25, 0.3) is 0 Å². The standard InChI is InChI=1S/C14H14BrNO/c1-17-11-6-7-12(10(8-11)9-16)13-4-2-3-5-14(13)15/h2-8H,9,16H2,1H3. The number of hydrogen-bond acceptors (Lipinski definition) is 2. The predicted octanol–water partition coefficient (Wildman–Crippen LogP) is 3.58. The molecule has 0 spiro atoms. The van der Waals surface area contributed by atoms with E-state index in [1.165, 1.54) is 0 Å². The molecule has 0 aliphatic rings. The summed E-state index contributed by atoms with van der Waals surface area (Å²) in [7, 11) is 1.66. The van der Waals surface area contributed by atoms with Crippen molar-refractivity contribution in [3.63, 3.8) is 0 Å². The van der Waals surface area contributed by atoms with E-state index < -0.39 is 0 Å². The van der Waals surface area contributed by atoms with Crippen molar-refractivity contribution < 1.29 is 4.74 Å². The van der Waals surface area contributed by atoms with Gasteiger partial charge >= 0.3 is 0 Å². The Morgan fingerprint density at radius 3 is 2.53 bits per heavy atom. The van der Waals surface area contributed by atoms with Crippen LogP contribution in [0.5, 0.6) is 5.75 Å². The van der Waals surface area contributed by atoms with Crippen LogP contribution in [0.1, 0.15) is 5.56 Å². The molecule has 0 aliphatic heterocycles. The van der Waals surface area contributed by atoms with Gasteiger partial charge in [-0.2, -0.15) is 0 Å². The largest absolute Gasteiger partial charge is 0.497 e. The average Bonchev–Trinajstić information content (AvgIpc) is 2.38. The van der Waals surface area contributed by atoms with Crippen LogP contribution in [-0.4, -0.2) is 7.11 Å². The van der Waals surface area contributed by atoms with Gasteiger partial charge in [-0.25, -0.2) is 0 Å². The summed E-state index contributed by atoms with van der Waals surface area (Å²) in [5.74, 6) is 0.834. The zero-order valence-electron chi connectivity index (χ0n) is 9.61. The van der Waals surface area contributed by atoms with Gasteiger partial charge in [-0.15, -0.1) is 0 Å². The van der Waals surface area contributed by atoms with Crippen LogP contribution in [0, 0.1) is 0 Å². The van der Waals surface area contributed by atoms with Gasteiger partial charge in [-0.3, -0.25) is 0 Å². The molecule has 2 N–H and O–H groups in total. The maximum Gasteiger partial charge on any atom is 0.119 e. The second-order valence-electron chi connectivity index (χ2n) is 3.71. The Morgan fingerprint density at radius 2 is 1.88 bits per heavy atom. The molecule has 88 valence electrons. The molecule has 2 rings (SSSR count). The summed E-state index contributed by atoms with van der Waals surface area (Å²) in [6.07, 6.45) is 0. The molecule has 0 saturated heterocycles. The number of ether oxygens (including phenoxy) is 1. The molecule has 2 aromatic carbocycles. The van der Waals surface area contributed by atoms with E-state index in [0.717, 1.165) is 26.9 Å². The lowest BCUT2D eigenvalue weighted by Gasteiger charge is -2.11. The smallest absolute Gasteiger partial charge is 0.119 e. The van der Waals surface area contributed by atoms with Crippen molar-refractivity contribution in [2.75, 3.05) is 7.11 Å². The van der Waals surface area contributed by atoms with E-state index in [1.54, 1.807) is 7.11 Å². The minimum Gasteiger partial charge on any atom is -0.497 e. The van der Waals surface area contributed by atoms with E-state index in [4.69, 9.17) is 10.5 Å². The van der Waals surface area contributed by atoms with Gasteiger partial charge in [-0.05, 0) is 34.9 Å². The second kappa shape index (κ2) is 5.34.